The van der Waals surface area contributed by atoms with Crippen molar-refractivity contribution >= 4 is 40.7 Å². The number of amides is 3. The van der Waals surface area contributed by atoms with Gasteiger partial charge in [-0.1, -0.05) is 13.8 Å². The highest BCUT2D eigenvalue weighted by Crippen LogP contribution is 2.63. The smallest absolute Gasteiger partial charge is 0.444 e. The summed E-state index contributed by atoms with van der Waals surface area (Å²) >= 11 is 0. The van der Waals surface area contributed by atoms with Crippen LogP contribution in [-0.4, -0.2) is 69.0 Å². The fourth-order valence-corrected chi connectivity index (χ4v) is 7.48. The van der Waals surface area contributed by atoms with Crippen LogP contribution in [0.4, 0.5) is 47.8 Å². The number of hydrogen-bond acceptors (Lipinski definition) is 8. The number of piperidine rings is 1. The van der Waals surface area contributed by atoms with E-state index in [4.69, 9.17) is 14.2 Å². The number of hydrogen-bond donors (Lipinski definition) is 2. The number of benzene rings is 1. The molecule has 0 bridgehead atoms. The summed E-state index contributed by atoms with van der Waals surface area (Å²) in [4.78, 5) is 45.4. The van der Waals surface area contributed by atoms with Gasteiger partial charge in [-0.15, -0.1) is 13.2 Å². The van der Waals surface area contributed by atoms with E-state index in [1.165, 1.54) is 0 Å². The van der Waals surface area contributed by atoms with Crippen LogP contribution >= 0.6 is 0 Å². The molecule has 2 atom stereocenters. The second-order valence-corrected chi connectivity index (χ2v) is 18.3. The molecule has 12 nitrogen and oxygen atoms in total. The van der Waals surface area contributed by atoms with Gasteiger partial charge < -0.3 is 28.4 Å². The molecule has 2 aliphatic carbocycles. The van der Waals surface area contributed by atoms with Gasteiger partial charge in [-0.05, 0) is 105 Å². The van der Waals surface area contributed by atoms with Crippen molar-refractivity contribution in [3.05, 3.63) is 35.0 Å². The first-order chi connectivity index (χ1) is 26.1. The molecule has 3 aromatic rings. The predicted molar refractivity (Wildman–Crippen MR) is 201 cm³/mol. The van der Waals surface area contributed by atoms with Crippen molar-refractivity contribution in [2.75, 3.05) is 23.7 Å². The highest BCUT2D eigenvalue weighted by Gasteiger charge is 2.60. The number of anilines is 2. The van der Waals surface area contributed by atoms with Gasteiger partial charge in [-0.25, -0.2) is 28.1 Å². The van der Waals surface area contributed by atoms with Crippen LogP contribution in [0.3, 0.4) is 0 Å². The van der Waals surface area contributed by atoms with E-state index < -0.39 is 76.0 Å². The van der Waals surface area contributed by atoms with E-state index in [1.807, 2.05) is 0 Å². The van der Waals surface area contributed by atoms with Crippen LogP contribution in [-0.2, 0) is 14.2 Å². The summed E-state index contributed by atoms with van der Waals surface area (Å²) in [6, 6.07) is 1.22. The molecule has 1 saturated heterocycles. The highest BCUT2D eigenvalue weighted by molar-refractivity contribution is 6.00. The number of carbonyl (C=O) groups is 3. The molecule has 3 aliphatic rings. The lowest BCUT2D eigenvalue weighted by atomic mass is 9.96. The highest BCUT2D eigenvalue weighted by atomic mass is 19.4. The first-order valence-electron chi connectivity index (χ1n) is 19.0. The maximum atomic E-state index is 17.6. The lowest BCUT2D eigenvalue weighted by molar-refractivity contribution is -0.275. The second-order valence-electron chi connectivity index (χ2n) is 18.3. The Kier molecular flexibility index (Phi) is 10.4. The molecular formula is C40H50F5N5O7. The van der Waals surface area contributed by atoms with Crippen molar-refractivity contribution in [1.82, 2.24) is 14.5 Å². The van der Waals surface area contributed by atoms with E-state index in [0.29, 0.717) is 42.9 Å². The number of pyridine rings is 1. The van der Waals surface area contributed by atoms with Gasteiger partial charge in [-0.2, -0.15) is 0 Å². The minimum absolute atomic E-state index is 0.0508. The molecule has 17 heteroatoms. The summed E-state index contributed by atoms with van der Waals surface area (Å²) in [5.74, 6) is -4.67. The quantitative estimate of drug-likeness (QED) is 0.178. The van der Waals surface area contributed by atoms with Gasteiger partial charge >= 0.3 is 24.6 Å². The molecule has 2 N–H and O–H groups in total. The fourth-order valence-electron chi connectivity index (χ4n) is 7.48. The number of carbonyl (C=O) groups excluding carboxylic acids is 3. The Morgan fingerprint density at radius 3 is 1.86 bits per heavy atom. The average molecular weight is 808 g/mol. The van der Waals surface area contributed by atoms with Crippen molar-refractivity contribution in [1.29, 1.82) is 0 Å². The molecular weight excluding hydrogens is 757 g/mol. The summed E-state index contributed by atoms with van der Waals surface area (Å²) in [6.45, 7) is 19.4. The van der Waals surface area contributed by atoms with Crippen molar-refractivity contribution in [2.45, 2.75) is 130 Å². The van der Waals surface area contributed by atoms with Crippen LogP contribution in [0.2, 0.25) is 0 Å². The fraction of sp³-hybridized carbons (Fsp3) is 0.600. The Balaban J connectivity index is 1.57. The third-order valence-corrected chi connectivity index (χ3v) is 9.57. The Morgan fingerprint density at radius 2 is 1.37 bits per heavy atom. The summed E-state index contributed by atoms with van der Waals surface area (Å²) in [5, 5.41) is 5.54. The standard InChI is InChI=1S/C40H50F5N5O7/c1-18(2)29-27-26(25-22-16-49(17-23(22)25)36(53)57-39(9,10)11)33(48-35(52)56-38(6,7)8)50(20-12-13-20)31(27)28(42)30(47-29)21-14-19(46-34(51)55-37(3,4)5)15-24(41)32(21)54-40(43,44)45/h14-15,18,20,22-23,25H,12-13,16-17H2,1-11H3,(H,46,51)(H,48,52). The predicted octanol–water partition coefficient (Wildman–Crippen LogP) is 10.6. The first-order valence-corrected chi connectivity index (χ1v) is 19.0. The largest absolute Gasteiger partial charge is 0.573 e. The first kappa shape index (κ1) is 41.8. The van der Waals surface area contributed by atoms with Gasteiger partial charge in [-0.3, -0.25) is 10.6 Å². The minimum Gasteiger partial charge on any atom is -0.444 e. The Hall–Kier alpha value is -4.83. The summed E-state index contributed by atoms with van der Waals surface area (Å²) in [7, 11) is 0. The van der Waals surface area contributed by atoms with Crippen LogP contribution < -0.4 is 15.4 Å². The lowest BCUT2D eigenvalue weighted by Crippen LogP contribution is -2.37. The lowest BCUT2D eigenvalue weighted by Gasteiger charge is -2.26. The van der Waals surface area contributed by atoms with Gasteiger partial charge in [0, 0.05) is 41.8 Å². The topological polar surface area (TPSA) is 133 Å². The van der Waals surface area contributed by atoms with E-state index >= 15 is 8.78 Å². The number of fused-ring (bicyclic) bond motifs is 2. The number of nitrogens with zero attached hydrogens (tertiary/aromatic N) is 3. The normalized spacial score (nSPS) is 19.7. The summed E-state index contributed by atoms with van der Waals surface area (Å²) in [6.07, 6.45) is -6.51. The zero-order valence-corrected chi connectivity index (χ0v) is 34.0. The molecule has 2 aromatic heterocycles. The Morgan fingerprint density at radius 1 is 0.825 bits per heavy atom. The third kappa shape index (κ3) is 9.17. The number of halogens is 5. The average Bonchev–Trinajstić information content (AvgIpc) is 3.89. The molecule has 1 aliphatic heterocycles. The number of aromatic nitrogens is 2. The molecule has 2 saturated carbocycles. The van der Waals surface area contributed by atoms with Gasteiger partial charge in [0.25, 0.3) is 0 Å². The summed E-state index contributed by atoms with van der Waals surface area (Å²) < 4.78 is 97.1. The Labute approximate surface area is 327 Å². The zero-order chi connectivity index (χ0) is 42.3. The number of likely N-dealkylation sites (tertiary alicyclic amines) is 1. The van der Waals surface area contributed by atoms with Crippen LogP contribution in [0.5, 0.6) is 5.75 Å². The van der Waals surface area contributed by atoms with Gasteiger partial charge in [0.1, 0.15) is 28.3 Å². The molecule has 3 fully saturated rings. The minimum atomic E-state index is -5.39. The van der Waals surface area contributed by atoms with E-state index in [-0.39, 0.29) is 46.5 Å². The number of alkyl halides is 3. The number of ether oxygens (including phenoxy) is 4. The van der Waals surface area contributed by atoms with Crippen LogP contribution in [0.15, 0.2) is 12.1 Å². The van der Waals surface area contributed by atoms with E-state index in [9.17, 15) is 27.6 Å². The second kappa shape index (κ2) is 14.2. The SMILES string of the molecule is CC(C)c1nc(-c2cc(NC(=O)OC(C)(C)C)cc(F)c2OC(F)(F)F)c(F)c2c1c(C1C3CN(C(=O)OC(C)(C)C)CC31)c(NC(=O)OC(C)(C)C)n2C1CC1. The van der Waals surface area contributed by atoms with Gasteiger partial charge in [0.05, 0.1) is 16.8 Å². The van der Waals surface area contributed by atoms with Crippen molar-refractivity contribution in [3.8, 4) is 17.0 Å². The van der Waals surface area contributed by atoms with Crippen LogP contribution in [0.1, 0.15) is 118 Å². The van der Waals surface area contributed by atoms with E-state index in [0.717, 1.165) is 6.07 Å². The van der Waals surface area contributed by atoms with E-state index in [2.05, 4.69) is 20.4 Å². The molecule has 312 valence electrons. The summed E-state index contributed by atoms with van der Waals surface area (Å²) in [5.41, 5.74) is -3.53. The maximum absolute atomic E-state index is 17.6. The molecule has 0 spiro atoms. The molecule has 3 heterocycles. The third-order valence-electron chi connectivity index (χ3n) is 9.57. The van der Waals surface area contributed by atoms with Crippen molar-refractivity contribution in [2.24, 2.45) is 11.8 Å². The molecule has 57 heavy (non-hydrogen) atoms. The van der Waals surface area contributed by atoms with Gasteiger partial charge in [0.2, 0.25) is 0 Å². The molecule has 2 unspecified atom stereocenters. The van der Waals surface area contributed by atoms with Gasteiger partial charge in [0.15, 0.2) is 17.4 Å². The molecule has 6 rings (SSSR count). The van der Waals surface area contributed by atoms with Crippen LogP contribution in [0.25, 0.3) is 22.2 Å². The van der Waals surface area contributed by atoms with E-state index in [1.54, 1.807) is 85.6 Å². The monoisotopic (exact) mass is 807 g/mol. The number of nitrogens with one attached hydrogen (secondary N) is 2. The molecule has 1 aromatic carbocycles. The van der Waals surface area contributed by atoms with Crippen molar-refractivity contribution < 1.29 is 55.3 Å². The van der Waals surface area contributed by atoms with Crippen LogP contribution in [0, 0.1) is 23.5 Å². The molecule has 3 amide bonds. The maximum Gasteiger partial charge on any atom is 0.573 e. The number of rotatable bonds is 7. The molecule has 0 radical (unpaired) electrons. The Bertz CT molecular complexity index is 2100. The zero-order valence-electron chi connectivity index (χ0n) is 34.0. The van der Waals surface area contributed by atoms with Crippen molar-refractivity contribution in [3.63, 3.8) is 0 Å².